The fourth-order valence-electron chi connectivity index (χ4n) is 2.02. The maximum absolute atomic E-state index is 4.18. The van der Waals surface area contributed by atoms with Crippen LogP contribution in [0, 0.1) is 5.92 Å². The van der Waals surface area contributed by atoms with E-state index in [0.717, 1.165) is 5.92 Å². The zero-order chi connectivity index (χ0) is 12.2. The lowest BCUT2D eigenvalue weighted by Gasteiger charge is -2.11. The van der Waals surface area contributed by atoms with E-state index >= 15 is 0 Å². The quantitative estimate of drug-likeness (QED) is 0.293. The highest BCUT2D eigenvalue weighted by molar-refractivity contribution is 4.98. The molecule has 16 heavy (non-hydrogen) atoms. The number of rotatable bonds is 11. The molecule has 0 saturated carbocycles. The number of allylic oxidation sites excluding steroid dienone is 1. The van der Waals surface area contributed by atoms with Gasteiger partial charge >= 0.3 is 0 Å². The largest absolute Gasteiger partial charge is 0.0996 e. The van der Waals surface area contributed by atoms with Crippen molar-refractivity contribution < 1.29 is 0 Å². The summed E-state index contributed by atoms with van der Waals surface area (Å²) in [6.45, 7) is 11.0. The highest BCUT2D eigenvalue weighted by atomic mass is 14.1. The molecule has 0 fully saturated rings. The summed E-state index contributed by atoms with van der Waals surface area (Å²) >= 11 is 0. The van der Waals surface area contributed by atoms with Crippen LogP contribution in [-0.2, 0) is 0 Å². The normalized spacial score (nSPS) is 12.7. The van der Waals surface area contributed by atoms with Crippen molar-refractivity contribution in [3.63, 3.8) is 0 Å². The van der Waals surface area contributed by atoms with Gasteiger partial charge in [-0.2, -0.15) is 0 Å². The van der Waals surface area contributed by atoms with Crippen LogP contribution in [0.2, 0.25) is 0 Å². The maximum Gasteiger partial charge on any atom is -0.0237 e. The third kappa shape index (κ3) is 9.00. The van der Waals surface area contributed by atoms with Crippen molar-refractivity contribution in [2.75, 3.05) is 0 Å². The Morgan fingerprint density at radius 2 is 1.38 bits per heavy atom. The molecule has 96 valence electrons. The van der Waals surface area contributed by atoms with Crippen molar-refractivity contribution in [1.82, 2.24) is 0 Å². The monoisotopic (exact) mass is 224 g/mol. The molecule has 0 aliphatic heterocycles. The Labute approximate surface area is 104 Å². The van der Waals surface area contributed by atoms with Gasteiger partial charge < -0.3 is 0 Å². The molecule has 0 amide bonds. The maximum atomic E-state index is 4.18. The molecule has 0 rings (SSSR count). The number of hydrogen-bond donors (Lipinski definition) is 0. The Morgan fingerprint density at radius 3 is 1.88 bits per heavy atom. The Kier molecular flexibility index (Phi) is 11.0. The van der Waals surface area contributed by atoms with Crippen LogP contribution in [0.5, 0.6) is 0 Å². The molecule has 0 aromatic carbocycles. The molecule has 1 unspecified atom stereocenters. The summed E-state index contributed by atoms with van der Waals surface area (Å²) in [6.07, 6.45) is 13.8. The lowest BCUT2D eigenvalue weighted by atomic mass is 9.95. The van der Waals surface area contributed by atoms with Crippen molar-refractivity contribution in [1.29, 1.82) is 0 Å². The predicted molar refractivity (Wildman–Crippen MR) is 75.8 cm³/mol. The molecule has 0 radical (unpaired) electrons. The van der Waals surface area contributed by atoms with Gasteiger partial charge in [-0.05, 0) is 25.2 Å². The smallest absolute Gasteiger partial charge is 0.0237 e. The van der Waals surface area contributed by atoms with Gasteiger partial charge in [0.1, 0.15) is 0 Å². The summed E-state index contributed by atoms with van der Waals surface area (Å²) in [6, 6.07) is 0. The van der Waals surface area contributed by atoms with Crippen LogP contribution in [-0.4, -0.2) is 0 Å². The molecule has 0 aliphatic carbocycles. The fourth-order valence-corrected chi connectivity index (χ4v) is 2.02. The highest BCUT2D eigenvalue weighted by Gasteiger charge is 2.02. The molecule has 0 heteroatoms. The van der Waals surface area contributed by atoms with Gasteiger partial charge in [0.15, 0.2) is 0 Å². The lowest BCUT2D eigenvalue weighted by Crippen LogP contribution is -1.96. The molecule has 0 saturated heterocycles. The Hall–Kier alpha value is -0.260. The van der Waals surface area contributed by atoms with Gasteiger partial charge in [0.05, 0.1) is 0 Å². The first-order chi connectivity index (χ1) is 7.72. The third-order valence-electron chi connectivity index (χ3n) is 3.66. The van der Waals surface area contributed by atoms with E-state index in [1.165, 1.54) is 69.8 Å². The van der Waals surface area contributed by atoms with Crippen LogP contribution < -0.4 is 0 Å². The first-order valence-electron chi connectivity index (χ1n) is 7.40. The molecular weight excluding hydrogens is 192 g/mol. The van der Waals surface area contributed by atoms with Gasteiger partial charge in [0, 0.05) is 0 Å². The van der Waals surface area contributed by atoms with Crippen LogP contribution in [0.1, 0.15) is 85.0 Å². The third-order valence-corrected chi connectivity index (χ3v) is 3.66. The SMILES string of the molecule is C=C(CCCCCCCCCC)C(C)CC. The number of unbranched alkanes of at least 4 members (excludes halogenated alkanes) is 7. The van der Waals surface area contributed by atoms with Gasteiger partial charge in [-0.3, -0.25) is 0 Å². The van der Waals surface area contributed by atoms with Crippen LogP contribution in [0.4, 0.5) is 0 Å². The fraction of sp³-hybridized carbons (Fsp3) is 0.875. The van der Waals surface area contributed by atoms with Crippen LogP contribution in [0.25, 0.3) is 0 Å². The summed E-state index contributed by atoms with van der Waals surface area (Å²) in [7, 11) is 0. The topological polar surface area (TPSA) is 0 Å². The lowest BCUT2D eigenvalue weighted by molar-refractivity contribution is 0.556. The van der Waals surface area contributed by atoms with Crippen LogP contribution in [0.15, 0.2) is 12.2 Å². The predicted octanol–water partition coefficient (Wildman–Crippen LogP) is 6.12. The summed E-state index contributed by atoms with van der Waals surface area (Å²) in [4.78, 5) is 0. The Morgan fingerprint density at radius 1 is 0.875 bits per heavy atom. The van der Waals surface area contributed by atoms with Crippen LogP contribution in [0.3, 0.4) is 0 Å². The van der Waals surface area contributed by atoms with E-state index in [9.17, 15) is 0 Å². The van der Waals surface area contributed by atoms with Crippen molar-refractivity contribution in [3.05, 3.63) is 12.2 Å². The molecule has 0 aromatic heterocycles. The second kappa shape index (κ2) is 11.2. The Bertz CT molecular complexity index is 157. The second-order valence-electron chi connectivity index (χ2n) is 5.19. The summed E-state index contributed by atoms with van der Waals surface area (Å²) in [5, 5.41) is 0. The van der Waals surface area contributed by atoms with E-state index < -0.39 is 0 Å². The van der Waals surface area contributed by atoms with Crippen molar-refractivity contribution in [3.8, 4) is 0 Å². The zero-order valence-corrected chi connectivity index (χ0v) is 11.9. The Balaban J connectivity index is 3.18. The molecule has 0 bridgehead atoms. The first kappa shape index (κ1) is 15.7. The molecule has 0 nitrogen and oxygen atoms in total. The molecular formula is C16H32. The summed E-state index contributed by atoms with van der Waals surface area (Å²) in [5.41, 5.74) is 1.47. The molecule has 0 heterocycles. The average Bonchev–Trinajstić information content (AvgIpc) is 2.31. The van der Waals surface area contributed by atoms with E-state index in [2.05, 4.69) is 27.4 Å². The van der Waals surface area contributed by atoms with E-state index in [1.54, 1.807) is 0 Å². The van der Waals surface area contributed by atoms with Gasteiger partial charge in [0.25, 0.3) is 0 Å². The summed E-state index contributed by atoms with van der Waals surface area (Å²) < 4.78 is 0. The van der Waals surface area contributed by atoms with Gasteiger partial charge in [-0.25, -0.2) is 0 Å². The molecule has 0 spiro atoms. The minimum absolute atomic E-state index is 0.726. The summed E-state index contributed by atoms with van der Waals surface area (Å²) in [5.74, 6) is 0.726. The molecule has 0 aliphatic rings. The van der Waals surface area contributed by atoms with Crippen molar-refractivity contribution >= 4 is 0 Å². The average molecular weight is 224 g/mol. The molecule has 1 atom stereocenters. The molecule has 0 aromatic rings. The van der Waals surface area contributed by atoms with Crippen molar-refractivity contribution in [2.45, 2.75) is 85.0 Å². The minimum Gasteiger partial charge on any atom is -0.0996 e. The zero-order valence-electron chi connectivity index (χ0n) is 11.9. The van der Waals surface area contributed by atoms with Gasteiger partial charge in [-0.15, -0.1) is 0 Å². The van der Waals surface area contributed by atoms with Gasteiger partial charge in [-0.1, -0.05) is 77.9 Å². The van der Waals surface area contributed by atoms with E-state index in [1.807, 2.05) is 0 Å². The second-order valence-corrected chi connectivity index (χ2v) is 5.19. The highest BCUT2D eigenvalue weighted by Crippen LogP contribution is 2.19. The first-order valence-corrected chi connectivity index (χ1v) is 7.40. The molecule has 0 N–H and O–H groups in total. The van der Waals surface area contributed by atoms with Gasteiger partial charge in [0.2, 0.25) is 0 Å². The standard InChI is InChI=1S/C16H32/c1-5-7-8-9-10-11-12-13-14-16(4)15(3)6-2/h15H,4-14H2,1-3H3. The van der Waals surface area contributed by atoms with Crippen molar-refractivity contribution in [2.24, 2.45) is 5.92 Å². The van der Waals surface area contributed by atoms with Crippen LogP contribution >= 0.6 is 0 Å². The number of hydrogen-bond acceptors (Lipinski definition) is 0. The van der Waals surface area contributed by atoms with E-state index in [0.29, 0.717) is 0 Å². The van der Waals surface area contributed by atoms with E-state index in [4.69, 9.17) is 0 Å². The minimum atomic E-state index is 0.726. The van der Waals surface area contributed by atoms with E-state index in [-0.39, 0.29) is 0 Å².